The highest BCUT2D eigenvalue weighted by Gasteiger charge is 2.29. The van der Waals surface area contributed by atoms with Gasteiger partial charge < -0.3 is 0 Å². The van der Waals surface area contributed by atoms with E-state index in [1.165, 1.54) is 67.5 Å². The Hall–Kier alpha value is -3.16. The fourth-order valence-corrected chi connectivity index (χ4v) is 9.65. The van der Waals surface area contributed by atoms with Gasteiger partial charge in [0.25, 0.3) is 0 Å². The lowest BCUT2D eigenvalue weighted by Gasteiger charge is -2.29. The van der Waals surface area contributed by atoms with Crippen LogP contribution < -0.4 is 15.6 Å². The van der Waals surface area contributed by atoms with Crippen molar-refractivity contribution in [1.82, 2.24) is 0 Å². The Morgan fingerprint density at radius 3 is 1.81 bits per heavy atom. The van der Waals surface area contributed by atoms with Crippen molar-refractivity contribution in [2.24, 2.45) is 0 Å². The maximum Gasteiger partial charge on any atom is 0.0859 e. The lowest BCUT2D eigenvalue weighted by Crippen LogP contribution is -2.45. The first-order valence-electron chi connectivity index (χ1n) is 13.9. The number of benzene rings is 4. The maximum absolute atomic E-state index is 3.75. The molecule has 0 atom stereocenters. The third kappa shape index (κ3) is 4.55. The molecule has 187 valence electrons. The molecule has 4 aromatic carbocycles. The summed E-state index contributed by atoms with van der Waals surface area (Å²) in [5, 5.41) is 4.06. The van der Waals surface area contributed by atoms with Gasteiger partial charge in [-0.2, -0.15) is 0 Å². The molecule has 0 nitrogen and oxygen atoms in total. The topological polar surface area (TPSA) is 0 Å². The van der Waals surface area contributed by atoms with Gasteiger partial charge in [0.15, 0.2) is 0 Å². The maximum atomic E-state index is 3.75. The van der Waals surface area contributed by atoms with Crippen LogP contribution in [0.4, 0.5) is 0 Å². The van der Waals surface area contributed by atoms with Crippen molar-refractivity contribution >= 4 is 24.9 Å². The summed E-state index contributed by atoms with van der Waals surface area (Å²) in [6, 6.07) is 38.1. The summed E-state index contributed by atoms with van der Waals surface area (Å²) in [6.45, 7) is 14.0. The molecule has 0 N–H and O–H groups in total. The molecule has 0 unspecified atom stereocenters. The van der Waals surface area contributed by atoms with Gasteiger partial charge in [-0.05, 0) is 60.9 Å². The van der Waals surface area contributed by atoms with Gasteiger partial charge in [0, 0.05) is 0 Å². The van der Waals surface area contributed by atoms with Crippen molar-refractivity contribution in [2.75, 3.05) is 0 Å². The molecule has 0 fully saturated rings. The Kier molecular flexibility index (Phi) is 6.85. The molecule has 0 spiro atoms. The molecule has 1 heteroatoms. The monoisotopic (exact) mass is 499 g/mol. The number of hydrogen-bond donors (Lipinski definition) is 0. The fourth-order valence-electron chi connectivity index (χ4n) is 6.05. The van der Waals surface area contributed by atoms with E-state index < -0.39 is 8.07 Å². The summed E-state index contributed by atoms with van der Waals surface area (Å²) in [5.41, 5.74) is 9.07. The molecule has 0 saturated heterocycles. The van der Waals surface area contributed by atoms with E-state index in [2.05, 4.69) is 139 Å². The molecule has 4 aromatic rings. The first-order chi connectivity index (χ1) is 17.8. The summed E-state index contributed by atoms with van der Waals surface area (Å²) in [7, 11) is -1.42. The van der Waals surface area contributed by atoms with Crippen LogP contribution in [0, 0.1) is 0 Å². The summed E-state index contributed by atoms with van der Waals surface area (Å²) >= 11 is 0. The molecular formula is C36H39Si. The molecular weight excluding hydrogens is 460 g/mol. The molecule has 5 rings (SSSR count). The average Bonchev–Trinajstić information content (AvgIpc) is 3.30. The molecule has 1 aliphatic carbocycles. The third-order valence-corrected chi connectivity index (χ3v) is 14.3. The predicted molar refractivity (Wildman–Crippen MR) is 164 cm³/mol. The highest BCUT2D eigenvalue weighted by Crippen LogP contribution is 2.29. The Balaban J connectivity index is 1.77. The normalized spacial score (nSPS) is 13.6. The molecule has 37 heavy (non-hydrogen) atoms. The van der Waals surface area contributed by atoms with Crippen molar-refractivity contribution < 1.29 is 0 Å². The standard InChI is InChI=1S/C36H39Si/c1-7-37(8-2,9-3)30-23-19-27(20-24-30)35(26-17-21-29(22-18-26)36(4,5)6)33-16-12-15-32-31-14-11-10-13-28(31)25-34(32)33/h10-24H,7-9H2,1-6H3. The van der Waals surface area contributed by atoms with Crippen LogP contribution in [0.5, 0.6) is 0 Å². The van der Waals surface area contributed by atoms with Gasteiger partial charge in [-0.25, -0.2) is 0 Å². The number of rotatable bonds is 6. The quantitative estimate of drug-likeness (QED) is 0.211. The first kappa shape index (κ1) is 25.5. The second kappa shape index (κ2) is 9.95. The smallest absolute Gasteiger partial charge is 0.0675 e. The fraction of sp³-hybridized carbons (Fsp3) is 0.278. The third-order valence-electron chi connectivity index (χ3n) is 8.67. The Bertz CT molecular complexity index is 1520. The molecule has 0 bridgehead atoms. The van der Waals surface area contributed by atoms with E-state index in [1.807, 2.05) is 0 Å². The van der Waals surface area contributed by atoms with Gasteiger partial charge in [-0.1, -0.05) is 156 Å². The van der Waals surface area contributed by atoms with Crippen LogP contribution in [0.25, 0.3) is 22.8 Å². The van der Waals surface area contributed by atoms with E-state index in [-0.39, 0.29) is 5.41 Å². The van der Waals surface area contributed by atoms with Crippen LogP contribution in [0.15, 0.2) is 91.0 Å². The van der Waals surface area contributed by atoms with Crippen LogP contribution in [0.3, 0.4) is 0 Å². The van der Waals surface area contributed by atoms with Crippen molar-refractivity contribution in [3.63, 3.8) is 0 Å². The zero-order chi connectivity index (χ0) is 26.2. The van der Waals surface area contributed by atoms with Gasteiger partial charge in [0.1, 0.15) is 0 Å². The molecule has 0 aliphatic heterocycles. The van der Waals surface area contributed by atoms with E-state index in [1.54, 1.807) is 5.19 Å². The molecule has 0 heterocycles. The molecule has 0 saturated carbocycles. The van der Waals surface area contributed by atoms with Crippen LogP contribution >= 0.6 is 0 Å². The van der Waals surface area contributed by atoms with Crippen molar-refractivity contribution in [3.05, 3.63) is 124 Å². The first-order valence-corrected chi connectivity index (χ1v) is 16.5. The van der Waals surface area contributed by atoms with Gasteiger partial charge in [-0.15, -0.1) is 0 Å². The molecule has 1 radical (unpaired) electrons. The van der Waals surface area contributed by atoms with Crippen LogP contribution in [-0.4, -0.2) is 8.07 Å². The van der Waals surface area contributed by atoms with E-state index in [0.717, 1.165) is 0 Å². The minimum Gasteiger partial charge on any atom is -0.0675 e. The highest BCUT2D eigenvalue weighted by atomic mass is 28.3. The summed E-state index contributed by atoms with van der Waals surface area (Å²) in [5.74, 6) is 0. The molecule has 0 amide bonds. The van der Waals surface area contributed by atoms with E-state index in [0.29, 0.717) is 0 Å². The zero-order valence-electron chi connectivity index (χ0n) is 23.3. The average molecular weight is 500 g/mol. The second-order valence-corrected chi connectivity index (χ2v) is 16.8. The Morgan fingerprint density at radius 1 is 0.649 bits per heavy atom. The minimum atomic E-state index is -1.42. The van der Waals surface area contributed by atoms with E-state index >= 15 is 0 Å². The van der Waals surface area contributed by atoms with E-state index in [4.69, 9.17) is 0 Å². The summed E-state index contributed by atoms with van der Waals surface area (Å²) < 4.78 is 0. The number of fused-ring (bicyclic) bond motifs is 3. The Morgan fingerprint density at radius 2 is 1.22 bits per heavy atom. The number of hydrogen-bond acceptors (Lipinski definition) is 0. The minimum absolute atomic E-state index is 0.131. The Labute approximate surface area is 224 Å². The largest absolute Gasteiger partial charge is 0.0859 e. The van der Waals surface area contributed by atoms with Crippen molar-refractivity contribution in [3.8, 4) is 11.1 Å². The van der Waals surface area contributed by atoms with Gasteiger partial charge >= 0.3 is 0 Å². The van der Waals surface area contributed by atoms with Crippen LogP contribution in [0.2, 0.25) is 18.1 Å². The second-order valence-electron chi connectivity index (χ2n) is 11.5. The predicted octanol–water partition coefficient (Wildman–Crippen LogP) is 7.63. The molecule has 1 aliphatic rings. The highest BCUT2D eigenvalue weighted by molar-refractivity contribution is 6.91. The lowest BCUT2D eigenvalue weighted by atomic mass is 9.85. The summed E-state index contributed by atoms with van der Waals surface area (Å²) in [4.78, 5) is 0. The zero-order valence-corrected chi connectivity index (χ0v) is 24.3. The van der Waals surface area contributed by atoms with Gasteiger partial charge in [-0.3, -0.25) is 0 Å². The van der Waals surface area contributed by atoms with Crippen molar-refractivity contribution in [2.45, 2.75) is 65.1 Å². The van der Waals surface area contributed by atoms with Gasteiger partial charge in [0.2, 0.25) is 0 Å². The molecule has 0 aromatic heterocycles. The SMILES string of the molecule is CC[Si](CC)(CC)c1ccc(C(c2ccc(C(C)(C)C)cc2)=c2cccc3c2=[C]c2ccccc2-3)cc1. The van der Waals surface area contributed by atoms with Crippen LogP contribution in [0.1, 0.15) is 63.8 Å². The van der Waals surface area contributed by atoms with E-state index in [9.17, 15) is 0 Å². The van der Waals surface area contributed by atoms with Gasteiger partial charge in [0.05, 0.1) is 8.07 Å². The van der Waals surface area contributed by atoms with Crippen molar-refractivity contribution in [1.29, 1.82) is 0 Å². The summed E-state index contributed by atoms with van der Waals surface area (Å²) in [6.07, 6.45) is 3.75. The lowest BCUT2D eigenvalue weighted by molar-refractivity contribution is 0.590. The van der Waals surface area contributed by atoms with Crippen LogP contribution in [-0.2, 0) is 5.41 Å².